The normalized spacial score (nSPS) is 12.6. The van der Waals surface area contributed by atoms with Crippen molar-refractivity contribution in [2.75, 3.05) is 0 Å². The Bertz CT molecular complexity index is 1070. The molecular weight excluding hydrogens is 551 g/mol. The van der Waals surface area contributed by atoms with Crippen molar-refractivity contribution in [3.05, 3.63) is 77.4 Å². The number of allylic oxidation sites excluding steroid dienone is 4. The van der Waals surface area contributed by atoms with Crippen molar-refractivity contribution in [1.29, 1.82) is 0 Å². The van der Waals surface area contributed by atoms with Crippen molar-refractivity contribution in [3.8, 4) is 0 Å². The Balaban J connectivity index is 0.000000702. The van der Waals surface area contributed by atoms with E-state index in [-0.39, 0.29) is 41.1 Å². The molecule has 0 unspecified atom stereocenters. The molecule has 0 N–H and O–H groups in total. The van der Waals surface area contributed by atoms with Gasteiger partial charge in [-0.05, 0) is 10.8 Å². The second-order valence-electron chi connectivity index (χ2n) is 10.9. The van der Waals surface area contributed by atoms with Crippen LogP contribution in [0.3, 0.4) is 0 Å². The van der Waals surface area contributed by atoms with Crippen LogP contribution in [0, 0.1) is 6.08 Å². The molecule has 0 heterocycles. The molecule has 0 spiro atoms. The summed E-state index contributed by atoms with van der Waals surface area (Å²) in [6.07, 6.45) is 9.65. The maximum atomic E-state index is 3.21. The Morgan fingerprint density at radius 3 is 1.53 bits per heavy atom. The molecule has 1 aliphatic rings. The first-order chi connectivity index (χ1) is 14.8. The summed E-state index contributed by atoms with van der Waals surface area (Å²) < 4.78 is 0. The van der Waals surface area contributed by atoms with E-state index in [0.29, 0.717) is 0 Å². The second-order valence-corrected chi connectivity index (χ2v) is 20.3. The Hall–Kier alpha value is -0.530. The minimum absolute atomic E-state index is 0. The first-order valence-corrected chi connectivity index (χ1v) is 17.9. The topological polar surface area (TPSA) is 0 Å². The SMILES string of the molecule is CC(C)(C)c1ccc2c(c1)[cH-]c1cc(C(C)(C)C)ccc12.CCC1=[C-]CC=C1.C[Si](C)=[Zr+2].[Cl-].[Cl-]. The van der Waals surface area contributed by atoms with Crippen molar-refractivity contribution < 1.29 is 48.1 Å². The van der Waals surface area contributed by atoms with E-state index in [9.17, 15) is 0 Å². The molecular formula is C30H40Cl2SiZr-2. The van der Waals surface area contributed by atoms with Crippen LogP contribution >= 0.6 is 0 Å². The van der Waals surface area contributed by atoms with E-state index >= 15 is 0 Å². The number of hydrogen-bond donors (Lipinski definition) is 0. The molecule has 0 aromatic heterocycles. The Kier molecular flexibility index (Phi) is 14.0. The van der Waals surface area contributed by atoms with Gasteiger partial charge in [0, 0.05) is 0 Å². The largest absolute Gasteiger partial charge is 1.00 e. The molecule has 184 valence electrons. The summed E-state index contributed by atoms with van der Waals surface area (Å²) in [5.74, 6) is 0. The molecule has 0 atom stereocenters. The summed E-state index contributed by atoms with van der Waals surface area (Å²) >= 11 is 1.74. The van der Waals surface area contributed by atoms with Crippen LogP contribution in [0.25, 0.3) is 21.5 Å². The van der Waals surface area contributed by atoms with Crippen molar-refractivity contribution >= 4 is 27.0 Å². The summed E-state index contributed by atoms with van der Waals surface area (Å²) in [7, 11) is 0. The van der Waals surface area contributed by atoms with Gasteiger partial charge in [0.05, 0.1) is 0 Å². The van der Waals surface area contributed by atoms with Crippen molar-refractivity contribution in [2.24, 2.45) is 0 Å². The molecule has 1 aliphatic carbocycles. The minimum atomic E-state index is 0. The molecule has 3 aromatic carbocycles. The third-order valence-electron chi connectivity index (χ3n) is 5.58. The van der Waals surface area contributed by atoms with Gasteiger partial charge in [0.25, 0.3) is 0 Å². The molecule has 0 bridgehead atoms. The quantitative estimate of drug-likeness (QED) is 0.302. The smallest absolute Gasteiger partial charge is 1.00 e. The zero-order valence-electron chi connectivity index (χ0n) is 22.4. The fraction of sp³-hybridized carbons (Fsp3) is 0.433. The van der Waals surface area contributed by atoms with Crippen LogP contribution in [-0.4, -0.2) is 5.43 Å². The summed E-state index contributed by atoms with van der Waals surface area (Å²) in [5.41, 5.74) is 4.78. The fourth-order valence-corrected chi connectivity index (χ4v) is 3.65. The summed E-state index contributed by atoms with van der Waals surface area (Å²) in [6, 6.07) is 16.2. The van der Waals surface area contributed by atoms with Gasteiger partial charge in [-0.15, -0.1) is 46.2 Å². The van der Waals surface area contributed by atoms with Crippen molar-refractivity contribution in [3.63, 3.8) is 0 Å². The van der Waals surface area contributed by atoms with Crippen LogP contribution in [-0.2, 0) is 34.2 Å². The Labute approximate surface area is 236 Å². The van der Waals surface area contributed by atoms with Crippen LogP contribution in [0.1, 0.15) is 72.4 Å². The van der Waals surface area contributed by atoms with Crippen molar-refractivity contribution in [1.82, 2.24) is 0 Å². The summed E-state index contributed by atoms with van der Waals surface area (Å²) in [6.45, 7) is 20.4. The minimum Gasteiger partial charge on any atom is -1.00 e. The number of halogens is 2. The van der Waals surface area contributed by atoms with Gasteiger partial charge in [-0.1, -0.05) is 90.3 Å². The zero-order chi connectivity index (χ0) is 24.1. The predicted octanol–water partition coefficient (Wildman–Crippen LogP) is 3.19. The molecule has 0 saturated heterocycles. The van der Waals surface area contributed by atoms with Crippen LogP contribution < -0.4 is 24.8 Å². The molecule has 4 heteroatoms. The van der Waals surface area contributed by atoms with E-state index in [1.165, 1.54) is 38.2 Å². The third-order valence-corrected chi connectivity index (χ3v) is 5.58. The van der Waals surface area contributed by atoms with Gasteiger partial charge in [-0.2, -0.15) is 6.08 Å². The maximum absolute atomic E-state index is 3.21. The number of fused-ring (bicyclic) bond motifs is 3. The third kappa shape index (κ3) is 9.85. The molecule has 0 fully saturated rings. The van der Waals surface area contributed by atoms with E-state index in [4.69, 9.17) is 0 Å². The van der Waals surface area contributed by atoms with E-state index in [0.717, 1.165) is 12.8 Å². The molecule has 34 heavy (non-hydrogen) atoms. The molecule has 4 rings (SSSR count). The molecule has 0 nitrogen and oxygen atoms in total. The Morgan fingerprint density at radius 1 is 0.853 bits per heavy atom. The first kappa shape index (κ1) is 33.5. The van der Waals surface area contributed by atoms with Gasteiger partial charge < -0.3 is 24.8 Å². The van der Waals surface area contributed by atoms with Gasteiger partial charge >= 0.3 is 41.9 Å². The number of hydrogen-bond acceptors (Lipinski definition) is 0. The van der Waals surface area contributed by atoms with E-state index in [2.05, 4.69) is 122 Å². The van der Waals surface area contributed by atoms with E-state index < -0.39 is 0 Å². The van der Waals surface area contributed by atoms with Crippen molar-refractivity contribution in [2.45, 2.75) is 85.2 Å². The first-order valence-electron chi connectivity index (χ1n) is 11.7. The summed E-state index contributed by atoms with van der Waals surface area (Å²) in [5, 5.41) is 5.48. The van der Waals surface area contributed by atoms with Gasteiger partial charge in [-0.25, -0.2) is 11.6 Å². The number of benzene rings is 2. The van der Waals surface area contributed by atoms with E-state index in [1.807, 2.05) is 0 Å². The van der Waals surface area contributed by atoms with Crippen LogP contribution in [0.5, 0.6) is 0 Å². The Morgan fingerprint density at radius 2 is 1.26 bits per heavy atom. The van der Waals surface area contributed by atoms with Gasteiger partial charge in [0.15, 0.2) is 0 Å². The van der Waals surface area contributed by atoms with Crippen LogP contribution in [0.4, 0.5) is 0 Å². The summed E-state index contributed by atoms with van der Waals surface area (Å²) in [4.78, 5) is 0. The van der Waals surface area contributed by atoms with Gasteiger partial charge in [-0.3, -0.25) is 6.08 Å². The maximum Gasteiger partial charge on any atom is -1.00 e. The van der Waals surface area contributed by atoms with E-state index in [1.54, 1.807) is 23.3 Å². The monoisotopic (exact) mass is 588 g/mol. The standard InChI is InChI=1S/C21H25.C7H9.C2H6Si.2ClH.Zr/c1-20(2,3)16-7-9-18-14(12-16)11-15-13-17(21(4,5)6)8-10-19(15)18;1-2-7-5-3-4-6-7;1-3-2;;;/h7-13H,1-6H3;3,5H,2,4H2,1H3;1-2H3;2*1H;/q2*-1;;;;+2/p-2. The molecule has 0 radical (unpaired) electrons. The second kappa shape index (κ2) is 14.3. The predicted molar refractivity (Wildman–Crippen MR) is 143 cm³/mol. The van der Waals surface area contributed by atoms with Crippen LogP contribution in [0.2, 0.25) is 13.1 Å². The van der Waals surface area contributed by atoms with Gasteiger partial charge in [0.1, 0.15) is 0 Å². The van der Waals surface area contributed by atoms with Crippen LogP contribution in [0.15, 0.2) is 60.2 Å². The number of rotatable bonds is 1. The average molecular weight is 591 g/mol. The molecule has 0 aliphatic heterocycles. The fourth-order valence-electron chi connectivity index (χ4n) is 3.65. The molecule has 0 amide bonds. The van der Waals surface area contributed by atoms with Gasteiger partial charge in [0.2, 0.25) is 0 Å². The average Bonchev–Trinajstić information content (AvgIpc) is 3.33. The molecule has 0 saturated carbocycles. The molecule has 3 aromatic rings. The zero-order valence-corrected chi connectivity index (χ0v) is 27.3.